The monoisotopic (exact) mass is 377 g/mol. The van der Waals surface area contributed by atoms with E-state index < -0.39 is 0 Å². The number of likely N-dealkylation sites (tertiary alicyclic amines) is 1. The van der Waals surface area contributed by atoms with Gasteiger partial charge in [-0.05, 0) is 74.5 Å². The van der Waals surface area contributed by atoms with Crippen molar-refractivity contribution in [3.8, 4) is 5.69 Å². The van der Waals surface area contributed by atoms with Gasteiger partial charge in [0.05, 0.1) is 12.3 Å². The van der Waals surface area contributed by atoms with Gasteiger partial charge in [0.15, 0.2) is 0 Å². The van der Waals surface area contributed by atoms with E-state index >= 15 is 0 Å². The minimum Gasteiger partial charge on any atom is -0.468 e. The van der Waals surface area contributed by atoms with Crippen LogP contribution in [0.15, 0.2) is 71.6 Å². The Labute approximate surface area is 166 Å². The van der Waals surface area contributed by atoms with E-state index in [4.69, 9.17) is 4.42 Å². The third kappa shape index (κ3) is 4.37. The molecule has 3 aromatic rings. The molecule has 5 nitrogen and oxygen atoms in total. The van der Waals surface area contributed by atoms with Crippen molar-refractivity contribution in [1.29, 1.82) is 0 Å². The second-order valence-electron chi connectivity index (χ2n) is 7.33. The molecule has 3 heterocycles. The van der Waals surface area contributed by atoms with Crippen LogP contribution in [0.3, 0.4) is 0 Å². The summed E-state index contributed by atoms with van der Waals surface area (Å²) in [5.74, 6) is 0.871. The van der Waals surface area contributed by atoms with Gasteiger partial charge in [-0.15, -0.1) is 0 Å². The molecule has 4 rings (SSSR count). The van der Waals surface area contributed by atoms with E-state index in [2.05, 4.69) is 10.2 Å². The number of benzene rings is 1. The smallest absolute Gasteiger partial charge is 0.251 e. The molecular formula is C23H27N3O2. The number of hydrogen-bond acceptors (Lipinski definition) is 3. The van der Waals surface area contributed by atoms with Crippen LogP contribution in [0, 0.1) is 0 Å². The zero-order valence-electron chi connectivity index (χ0n) is 16.1. The Hall–Kier alpha value is -2.79. The lowest BCUT2D eigenvalue weighted by Gasteiger charge is -2.29. The van der Waals surface area contributed by atoms with Gasteiger partial charge in [0.25, 0.3) is 5.91 Å². The summed E-state index contributed by atoms with van der Waals surface area (Å²) in [6.07, 6.45) is 10.7. The molecule has 1 atom stereocenters. The maximum Gasteiger partial charge on any atom is 0.251 e. The molecule has 1 N–H and O–H groups in total. The molecule has 146 valence electrons. The number of nitrogens with one attached hydrogen (secondary N) is 1. The molecule has 0 spiro atoms. The van der Waals surface area contributed by atoms with Gasteiger partial charge in [-0.25, -0.2) is 0 Å². The predicted molar refractivity (Wildman–Crippen MR) is 110 cm³/mol. The third-order valence-corrected chi connectivity index (χ3v) is 5.44. The van der Waals surface area contributed by atoms with Crippen LogP contribution in [-0.4, -0.2) is 35.0 Å². The number of carbonyl (C=O) groups excluding carboxylic acids is 1. The fourth-order valence-corrected chi connectivity index (χ4v) is 3.88. The molecule has 0 radical (unpaired) electrons. The molecule has 28 heavy (non-hydrogen) atoms. The number of hydrogen-bond donors (Lipinski definition) is 1. The molecule has 0 saturated carbocycles. The van der Waals surface area contributed by atoms with Crippen LogP contribution in [0.2, 0.25) is 0 Å². The highest BCUT2D eigenvalue weighted by atomic mass is 16.3. The molecule has 1 saturated heterocycles. The van der Waals surface area contributed by atoms with Crippen molar-refractivity contribution in [3.63, 3.8) is 0 Å². The van der Waals surface area contributed by atoms with E-state index in [0.29, 0.717) is 12.1 Å². The topological polar surface area (TPSA) is 50.4 Å². The van der Waals surface area contributed by atoms with Gasteiger partial charge in [-0.3, -0.25) is 9.69 Å². The van der Waals surface area contributed by atoms with Crippen molar-refractivity contribution in [2.75, 3.05) is 19.6 Å². The summed E-state index contributed by atoms with van der Waals surface area (Å²) < 4.78 is 7.71. The van der Waals surface area contributed by atoms with Crippen molar-refractivity contribution >= 4 is 5.91 Å². The van der Waals surface area contributed by atoms with Gasteiger partial charge in [-0.2, -0.15) is 0 Å². The second-order valence-corrected chi connectivity index (χ2v) is 7.33. The highest BCUT2D eigenvalue weighted by Crippen LogP contribution is 2.24. The Bertz CT molecular complexity index is 846. The maximum atomic E-state index is 12.7. The van der Waals surface area contributed by atoms with Gasteiger partial charge < -0.3 is 14.3 Å². The Balaban J connectivity index is 1.42. The summed E-state index contributed by atoms with van der Waals surface area (Å²) >= 11 is 0. The molecule has 1 aromatic carbocycles. The summed E-state index contributed by atoms with van der Waals surface area (Å²) in [7, 11) is 0. The fourth-order valence-electron chi connectivity index (χ4n) is 3.88. The molecule has 0 bridgehead atoms. The SMILES string of the molecule is O=C(NCC(c1ccco1)N1CCCCCC1)c1ccc(-n2cccc2)cc1. The lowest BCUT2D eigenvalue weighted by Crippen LogP contribution is -2.38. The quantitative estimate of drug-likeness (QED) is 0.692. The summed E-state index contributed by atoms with van der Waals surface area (Å²) in [4.78, 5) is 15.1. The Kier molecular flexibility index (Phi) is 5.92. The van der Waals surface area contributed by atoms with E-state index in [1.165, 1.54) is 25.7 Å². The van der Waals surface area contributed by atoms with Gasteiger partial charge in [0.1, 0.15) is 5.76 Å². The molecule has 5 heteroatoms. The lowest BCUT2D eigenvalue weighted by atomic mass is 10.1. The zero-order valence-corrected chi connectivity index (χ0v) is 16.1. The molecule has 1 unspecified atom stereocenters. The standard InChI is InChI=1S/C23H27N3O2/c27-23(19-9-11-20(12-10-19)25-13-5-6-14-25)24-18-21(22-8-7-17-28-22)26-15-3-1-2-4-16-26/h5-14,17,21H,1-4,15-16,18H2,(H,24,27). The Morgan fingerprint density at radius 2 is 1.68 bits per heavy atom. The van der Waals surface area contributed by atoms with E-state index in [1.54, 1.807) is 6.26 Å². The van der Waals surface area contributed by atoms with Crippen LogP contribution in [0.1, 0.15) is 47.8 Å². The van der Waals surface area contributed by atoms with Crippen LogP contribution in [-0.2, 0) is 0 Å². The van der Waals surface area contributed by atoms with Crippen LogP contribution >= 0.6 is 0 Å². The van der Waals surface area contributed by atoms with E-state index in [-0.39, 0.29) is 11.9 Å². The number of rotatable bonds is 6. The number of furan rings is 1. The first-order chi connectivity index (χ1) is 13.8. The molecular weight excluding hydrogens is 350 g/mol. The number of carbonyl (C=O) groups is 1. The van der Waals surface area contributed by atoms with Crippen LogP contribution in [0.5, 0.6) is 0 Å². The first-order valence-electron chi connectivity index (χ1n) is 10.1. The first kappa shape index (κ1) is 18.6. The molecule has 1 aliphatic rings. The van der Waals surface area contributed by atoms with E-state index in [0.717, 1.165) is 24.5 Å². The maximum absolute atomic E-state index is 12.7. The highest BCUT2D eigenvalue weighted by Gasteiger charge is 2.24. The first-order valence-corrected chi connectivity index (χ1v) is 10.1. The lowest BCUT2D eigenvalue weighted by molar-refractivity contribution is 0.0927. The summed E-state index contributed by atoms with van der Waals surface area (Å²) in [6, 6.07) is 15.7. The molecule has 1 fully saturated rings. The Morgan fingerprint density at radius 3 is 2.32 bits per heavy atom. The molecule has 1 aliphatic heterocycles. The van der Waals surface area contributed by atoms with Gasteiger partial charge >= 0.3 is 0 Å². The second kappa shape index (κ2) is 8.93. The van der Waals surface area contributed by atoms with E-state index in [1.807, 2.05) is 65.5 Å². The van der Waals surface area contributed by atoms with Crippen LogP contribution in [0.4, 0.5) is 0 Å². The van der Waals surface area contributed by atoms with Gasteiger partial charge in [0, 0.05) is 30.2 Å². The van der Waals surface area contributed by atoms with Crippen LogP contribution < -0.4 is 5.32 Å². The van der Waals surface area contributed by atoms with Gasteiger partial charge in [0.2, 0.25) is 0 Å². The fraction of sp³-hybridized carbons (Fsp3) is 0.348. The van der Waals surface area contributed by atoms with Crippen molar-refractivity contribution in [3.05, 3.63) is 78.5 Å². The predicted octanol–water partition coefficient (Wildman–Crippen LogP) is 4.42. The third-order valence-electron chi connectivity index (χ3n) is 5.44. The summed E-state index contributed by atoms with van der Waals surface area (Å²) in [5, 5.41) is 3.11. The number of nitrogens with zero attached hydrogens (tertiary/aromatic N) is 2. The van der Waals surface area contributed by atoms with Crippen molar-refractivity contribution in [2.24, 2.45) is 0 Å². The van der Waals surface area contributed by atoms with Crippen molar-refractivity contribution in [2.45, 2.75) is 31.7 Å². The normalized spacial score (nSPS) is 16.4. The molecule has 2 aromatic heterocycles. The summed E-state index contributed by atoms with van der Waals surface area (Å²) in [6.45, 7) is 2.64. The minimum atomic E-state index is -0.0505. The van der Waals surface area contributed by atoms with E-state index in [9.17, 15) is 4.79 Å². The zero-order chi connectivity index (χ0) is 19.2. The highest BCUT2D eigenvalue weighted by molar-refractivity contribution is 5.94. The Morgan fingerprint density at radius 1 is 0.964 bits per heavy atom. The summed E-state index contributed by atoms with van der Waals surface area (Å²) in [5.41, 5.74) is 1.71. The largest absolute Gasteiger partial charge is 0.468 e. The van der Waals surface area contributed by atoms with Gasteiger partial charge in [-0.1, -0.05) is 12.8 Å². The number of aromatic nitrogens is 1. The minimum absolute atomic E-state index is 0.0505. The van der Waals surface area contributed by atoms with Crippen molar-refractivity contribution in [1.82, 2.24) is 14.8 Å². The molecule has 0 aliphatic carbocycles. The number of amides is 1. The molecule has 1 amide bonds. The van der Waals surface area contributed by atoms with Crippen molar-refractivity contribution < 1.29 is 9.21 Å². The van der Waals surface area contributed by atoms with Crippen LogP contribution in [0.25, 0.3) is 5.69 Å². The average molecular weight is 377 g/mol. The average Bonchev–Trinajstić information content (AvgIpc) is 3.39.